The number of carbonyl (C=O) groups excluding carboxylic acids is 2. The average molecular weight is 373 g/mol. The summed E-state index contributed by atoms with van der Waals surface area (Å²) in [5, 5.41) is 5.93. The van der Waals surface area contributed by atoms with E-state index in [9.17, 15) is 9.59 Å². The molecule has 0 saturated heterocycles. The number of benzene rings is 1. The maximum Gasteiger partial charge on any atom is 0.251 e. The third kappa shape index (κ3) is 4.94. The second kappa shape index (κ2) is 8.49. The van der Waals surface area contributed by atoms with Crippen molar-refractivity contribution in [1.82, 2.24) is 10.6 Å². The summed E-state index contributed by atoms with van der Waals surface area (Å²) in [5.41, 5.74) is 2.79. The highest BCUT2D eigenvalue weighted by Crippen LogP contribution is 2.26. The van der Waals surface area contributed by atoms with Crippen molar-refractivity contribution in [2.45, 2.75) is 53.6 Å². The van der Waals surface area contributed by atoms with Gasteiger partial charge in [-0.05, 0) is 57.4 Å². The Labute approximate surface area is 160 Å². The van der Waals surface area contributed by atoms with Crippen molar-refractivity contribution < 1.29 is 9.59 Å². The molecule has 0 aliphatic carbocycles. The first kappa shape index (κ1) is 20.2. The lowest BCUT2D eigenvalue weighted by Gasteiger charge is -2.24. The smallest absolute Gasteiger partial charge is 0.251 e. The van der Waals surface area contributed by atoms with Crippen LogP contribution in [-0.4, -0.2) is 17.9 Å². The van der Waals surface area contributed by atoms with Gasteiger partial charge in [0.05, 0.1) is 6.04 Å². The van der Waals surface area contributed by atoms with E-state index in [1.807, 2.05) is 39.8 Å². The molecule has 1 heterocycles. The predicted octanol–water partition coefficient (Wildman–Crippen LogP) is 4.31. The van der Waals surface area contributed by atoms with Gasteiger partial charge in [-0.3, -0.25) is 9.59 Å². The fourth-order valence-corrected chi connectivity index (χ4v) is 3.95. The van der Waals surface area contributed by atoms with Crippen LogP contribution in [0.15, 0.2) is 30.3 Å². The van der Waals surface area contributed by atoms with E-state index in [1.165, 1.54) is 9.75 Å². The molecule has 2 rings (SSSR count). The van der Waals surface area contributed by atoms with Crippen molar-refractivity contribution in [3.05, 3.63) is 56.8 Å². The Morgan fingerprint density at radius 3 is 2.08 bits per heavy atom. The number of nitrogens with one attached hydrogen (secondary N) is 2. The van der Waals surface area contributed by atoms with Crippen LogP contribution in [0.3, 0.4) is 0 Å². The van der Waals surface area contributed by atoms with E-state index >= 15 is 0 Å². The Balaban J connectivity index is 2.08. The Morgan fingerprint density at radius 2 is 1.58 bits per heavy atom. The maximum atomic E-state index is 12.8. The number of rotatable bonds is 6. The normalized spacial score (nSPS) is 13.3. The number of carbonyl (C=O) groups is 2. The molecule has 0 saturated carbocycles. The molecule has 4 nitrogen and oxygen atoms in total. The van der Waals surface area contributed by atoms with E-state index in [2.05, 4.69) is 30.5 Å². The van der Waals surface area contributed by atoms with Crippen LogP contribution in [0.25, 0.3) is 0 Å². The Kier molecular flexibility index (Phi) is 6.59. The second-order valence-corrected chi connectivity index (χ2v) is 8.62. The van der Waals surface area contributed by atoms with Crippen molar-refractivity contribution >= 4 is 23.2 Å². The summed E-state index contributed by atoms with van der Waals surface area (Å²) in [5.74, 6) is -0.396. The first-order valence-corrected chi connectivity index (χ1v) is 9.75. The standard InChI is InChI=1S/C21H28N2O2S/c1-12(2)19(23-20(24)17-9-7-13(3)8-10-17)21(25)22-15(5)18-11-14(4)26-16(18)6/h7-12,15,19H,1-6H3,(H,22,25)(H,23,24)/t15-,19-/m0/s1. The summed E-state index contributed by atoms with van der Waals surface area (Å²) < 4.78 is 0. The van der Waals surface area contributed by atoms with Gasteiger partial charge in [0.1, 0.15) is 6.04 Å². The number of thiophene rings is 1. The Bertz CT molecular complexity index is 778. The monoisotopic (exact) mass is 372 g/mol. The van der Waals surface area contributed by atoms with Crippen molar-refractivity contribution in [1.29, 1.82) is 0 Å². The van der Waals surface area contributed by atoms with Crippen molar-refractivity contribution in [3.8, 4) is 0 Å². The fraction of sp³-hybridized carbons (Fsp3) is 0.429. The van der Waals surface area contributed by atoms with Gasteiger partial charge >= 0.3 is 0 Å². The van der Waals surface area contributed by atoms with Crippen LogP contribution in [0, 0.1) is 26.7 Å². The molecule has 140 valence electrons. The SMILES string of the molecule is Cc1ccc(C(=O)N[C@H](C(=O)N[C@@H](C)c2cc(C)sc2C)C(C)C)cc1. The van der Waals surface area contributed by atoms with Gasteiger partial charge in [-0.1, -0.05) is 31.5 Å². The van der Waals surface area contributed by atoms with Gasteiger partial charge in [0.25, 0.3) is 5.91 Å². The van der Waals surface area contributed by atoms with E-state index < -0.39 is 6.04 Å². The molecule has 0 aliphatic rings. The zero-order valence-corrected chi connectivity index (χ0v) is 17.2. The molecule has 0 aliphatic heterocycles. The first-order chi connectivity index (χ1) is 12.2. The van der Waals surface area contributed by atoms with Crippen LogP contribution in [-0.2, 0) is 4.79 Å². The molecule has 5 heteroatoms. The number of hydrogen-bond acceptors (Lipinski definition) is 3. The average Bonchev–Trinajstić information content (AvgIpc) is 2.91. The summed E-state index contributed by atoms with van der Waals surface area (Å²) in [6.45, 7) is 11.9. The van der Waals surface area contributed by atoms with E-state index in [0.717, 1.165) is 11.1 Å². The molecule has 0 spiro atoms. The van der Waals surface area contributed by atoms with Gasteiger partial charge in [-0.2, -0.15) is 0 Å². The molecule has 26 heavy (non-hydrogen) atoms. The molecule has 0 fully saturated rings. The topological polar surface area (TPSA) is 58.2 Å². The highest BCUT2D eigenvalue weighted by Gasteiger charge is 2.26. The maximum absolute atomic E-state index is 12.8. The molecular formula is C21H28N2O2S. The lowest BCUT2D eigenvalue weighted by molar-refractivity contribution is -0.124. The molecule has 2 N–H and O–H groups in total. The lowest BCUT2D eigenvalue weighted by atomic mass is 10.0. The minimum absolute atomic E-state index is 0.0121. The van der Waals surface area contributed by atoms with Crippen LogP contribution in [0.5, 0.6) is 0 Å². The molecular weight excluding hydrogens is 344 g/mol. The first-order valence-electron chi connectivity index (χ1n) is 8.94. The van der Waals surface area contributed by atoms with Crippen molar-refractivity contribution in [2.24, 2.45) is 5.92 Å². The summed E-state index contributed by atoms with van der Waals surface area (Å²) in [4.78, 5) is 27.7. The summed E-state index contributed by atoms with van der Waals surface area (Å²) >= 11 is 1.73. The molecule has 2 aromatic rings. The summed E-state index contributed by atoms with van der Waals surface area (Å²) in [7, 11) is 0. The van der Waals surface area contributed by atoms with Crippen LogP contribution in [0.4, 0.5) is 0 Å². The highest BCUT2D eigenvalue weighted by molar-refractivity contribution is 7.12. The van der Waals surface area contributed by atoms with Crippen LogP contribution in [0.1, 0.15) is 58.1 Å². The van der Waals surface area contributed by atoms with Gasteiger partial charge in [0.2, 0.25) is 5.91 Å². The van der Waals surface area contributed by atoms with Gasteiger partial charge in [0, 0.05) is 15.3 Å². The van der Waals surface area contributed by atoms with Gasteiger partial charge in [0.15, 0.2) is 0 Å². The zero-order valence-electron chi connectivity index (χ0n) is 16.3. The van der Waals surface area contributed by atoms with Crippen molar-refractivity contribution in [3.63, 3.8) is 0 Å². The molecule has 0 radical (unpaired) electrons. The number of aryl methyl sites for hydroxylation is 3. The molecule has 0 unspecified atom stereocenters. The Morgan fingerprint density at radius 1 is 0.962 bits per heavy atom. The third-order valence-corrected chi connectivity index (χ3v) is 5.44. The van der Waals surface area contributed by atoms with E-state index in [0.29, 0.717) is 5.56 Å². The van der Waals surface area contributed by atoms with E-state index in [-0.39, 0.29) is 23.8 Å². The largest absolute Gasteiger partial charge is 0.348 e. The van der Waals surface area contributed by atoms with Gasteiger partial charge < -0.3 is 10.6 Å². The van der Waals surface area contributed by atoms with Gasteiger partial charge in [-0.25, -0.2) is 0 Å². The number of hydrogen-bond donors (Lipinski definition) is 2. The summed E-state index contributed by atoms with van der Waals surface area (Å²) in [6, 6.07) is 8.78. The Hall–Kier alpha value is -2.14. The lowest BCUT2D eigenvalue weighted by Crippen LogP contribution is -2.50. The third-order valence-electron chi connectivity index (χ3n) is 4.45. The predicted molar refractivity (Wildman–Crippen MR) is 108 cm³/mol. The zero-order chi connectivity index (χ0) is 19.4. The number of amides is 2. The summed E-state index contributed by atoms with van der Waals surface area (Å²) in [6.07, 6.45) is 0. The molecule has 1 aromatic heterocycles. The minimum Gasteiger partial charge on any atom is -0.348 e. The van der Waals surface area contributed by atoms with Gasteiger partial charge in [-0.15, -0.1) is 11.3 Å². The van der Waals surface area contributed by atoms with E-state index in [1.54, 1.807) is 23.5 Å². The fourth-order valence-electron chi connectivity index (χ4n) is 2.93. The van der Waals surface area contributed by atoms with Crippen LogP contribution < -0.4 is 10.6 Å². The molecule has 0 bridgehead atoms. The van der Waals surface area contributed by atoms with Crippen LogP contribution >= 0.6 is 11.3 Å². The molecule has 2 atom stereocenters. The minimum atomic E-state index is -0.578. The van der Waals surface area contributed by atoms with Crippen LogP contribution in [0.2, 0.25) is 0 Å². The molecule has 2 amide bonds. The highest BCUT2D eigenvalue weighted by atomic mass is 32.1. The van der Waals surface area contributed by atoms with Crippen molar-refractivity contribution in [2.75, 3.05) is 0 Å². The van der Waals surface area contributed by atoms with E-state index in [4.69, 9.17) is 0 Å². The molecule has 1 aromatic carbocycles. The quantitative estimate of drug-likeness (QED) is 0.794. The second-order valence-electron chi connectivity index (χ2n) is 7.16.